The van der Waals surface area contributed by atoms with Gasteiger partial charge in [-0.3, -0.25) is 19.8 Å². The molecule has 0 spiro atoms. The minimum atomic E-state index is -5.19. The highest BCUT2D eigenvalue weighted by atomic mass is 19.4. The summed E-state index contributed by atoms with van der Waals surface area (Å²) >= 11 is 0. The van der Waals surface area contributed by atoms with Crippen molar-refractivity contribution in [1.82, 2.24) is 5.32 Å². The van der Waals surface area contributed by atoms with Gasteiger partial charge in [0.15, 0.2) is 11.1 Å². The smallest absolute Gasteiger partial charge is 0.430 e. The van der Waals surface area contributed by atoms with Crippen LogP contribution in [0, 0.1) is 0 Å². The van der Waals surface area contributed by atoms with E-state index in [1.807, 2.05) is 30.3 Å². The van der Waals surface area contributed by atoms with Crippen LogP contribution < -0.4 is 32.2 Å². The van der Waals surface area contributed by atoms with Gasteiger partial charge in [-0.2, -0.15) is 13.2 Å². The normalized spacial score (nSPS) is 11.0. The van der Waals surface area contributed by atoms with Gasteiger partial charge < -0.3 is 30.7 Å². The van der Waals surface area contributed by atoms with Gasteiger partial charge in [0.05, 0.1) is 6.07 Å². The minimum absolute atomic E-state index is 0.00507. The molecule has 0 atom stereocenters. The molecule has 1 heterocycles. The quantitative estimate of drug-likeness (QED) is 0.0751. The number of nitrogens with one attached hydrogen (secondary N) is 2. The Kier molecular flexibility index (Phi) is 11.5. The summed E-state index contributed by atoms with van der Waals surface area (Å²) in [5, 5.41) is 21.9. The number of benzene rings is 4. The molecule has 0 saturated carbocycles. The Morgan fingerprint density at radius 2 is 1.59 bits per heavy atom. The number of hydrogen-bond acceptors (Lipinski definition) is 7. The molecule has 13 heteroatoms. The van der Waals surface area contributed by atoms with Crippen LogP contribution in [-0.4, -0.2) is 36.3 Å². The highest BCUT2D eigenvalue weighted by Crippen LogP contribution is 2.41. The zero-order chi connectivity index (χ0) is 35.7. The van der Waals surface area contributed by atoms with E-state index in [4.69, 9.17) is 25.5 Å². The molecule has 10 nitrogen and oxygen atoms in total. The summed E-state index contributed by atoms with van der Waals surface area (Å²) in [6.07, 6.45) is -3.25. The number of fused-ring (bicyclic) bond motifs is 2. The molecule has 49 heavy (non-hydrogen) atoms. The molecule has 2 aliphatic rings. The van der Waals surface area contributed by atoms with Crippen LogP contribution in [0.2, 0.25) is 0 Å². The topological polar surface area (TPSA) is 180 Å². The molecule has 0 radical (unpaired) electrons. The summed E-state index contributed by atoms with van der Waals surface area (Å²) in [7, 11) is 0. The number of alkyl halides is 3. The van der Waals surface area contributed by atoms with Crippen molar-refractivity contribution in [1.29, 1.82) is 0 Å². The predicted molar refractivity (Wildman–Crippen MR) is 175 cm³/mol. The number of carbonyl (C=O) groups excluding carboxylic acids is 4. The fourth-order valence-electron chi connectivity index (χ4n) is 4.93. The lowest BCUT2D eigenvalue weighted by atomic mass is 9.89. The number of halogens is 3. The molecule has 3 aromatic rings. The molecule has 0 fully saturated rings. The average Bonchev–Trinajstić information content (AvgIpc) is 3.06. The highest BCUT2D eigenvalue weighted by molar-refractivity contribution is 6.10. The molecule has 6 N–H and O–H groups in total. The van der Waals surface area contributed by atoms with E-state index >= 15 is 0 Å². The van der Waals surface area contributed by atoms with Crippen molar-refractivity contribution in [3.05, 3.63) is 101 Å². The first-order chi connectivity index (χ1) is 23.3. The molecular weight excluding hydrogens is 641 g/mol. The summed E-state index contributed by atoms with van der Waals surface area (Å²) < 4.78 is 37.7. The lowest BCUT2D eigenvalue weighted by Crippen LogP contribution is -2.44. The Balaban J connectivity index is 0.000000698. The first-order valence-electron chi connectivity index (χ1n) is 15.2. The van der Waals surface area contributed by atoms with E-state index in [0.29, 0.717) is 45.7 Å². The monoisotopic (exact) mass is 674 g/mol. The molecule has 1 aliphatic carbocycles. The van der Waals surface area contributed by atoms with E-state index in [-0.39, 0.29) is 30.4 Å². The van der Waals surface area contributed by atoms with E-state index in [2.05, 4.69) is 17.6 Å². The van der Waals surface area contributed by atoms with Crippen molar-refractivity contribution in [2.45, 2.75) is 38.8 Å². The Morgan fingerprint density at radius 3 is 2.27 bits per heavy atom. The second kappa shape index (κ2) is 15.7. The molecular formula is C36H33F3N4O6. The number of hydrogen-bond donors (Lipinski definition) is 4. The predicted octanol–water partition coefficient (Wildman–Crippen LogP) is 3.88. The van der Waals surface area contributed by atoms with Crippen LogP contribution in [0.1, 0.15) is 53.3 Å². The van der Waals surface area contributed by atoms with E-state index in [0.717, 1.165) is 34.9 Å². The van der Waals surface area contributed by atoms with Crippen LogP contribution in [0.5, 0.6) is 0 Å². The summed E-state index contributed by atoms with van der Waals surface area (Å²) in [5.41, 5.74) is 11.1. The van der Waals surface area contributed by atoms with E-state index in [1.165, 1.54) is 0 Å². The Bertz CT molecular complexity index is 2020. The number of nitrogens with two attached hydrogens (primary N) is 2. The zero-order valence-corrected chi connectivity index (χ0v) is 26.4. The number of nitrogen functional groups attached to an aromatic ring is 1. The second-order valence-corrected chi connectivity index (χ2v) is 11.0. The van der Waals surface area contributed by atoms with Gasteiger partial charge in [0.25, 0.3) is 5.91 Å². The number of carbonyl (C=O) groups is 4. The Hall–Kier alpha value is -5.98. The van der Waals surface area contributed by atoms with Crippen molar-refractivity contribution in [2.75, 3.05) is 17.6 Å². The third kappa shape index (κ3) is 9.31. The fraction of sp³-hybridized carbons (Fsp3) is 0.194. The maximum absolute atomic E-state index is 13.5. The van der Waals surface area contributed by atoms with Gasteiger partial charge in [-0.1, -0.05) is 37.6 Å². The Morgan fingerprint density at radius 1 is 0.898 bits per heavy atom. The van der Waals surface area contributed by atoms with Crippen LogP contribution in [0.4, 0.5) is 24.5 Å². The molecule has 254 valence electrons. The van der Waals surface area contributed by atoms with Crippen LogP contribution >= 0.6 is 0 Å². The van der Waals surface area contributed by atoms with Crippen LogP contribution in [-0.2, 0) is 9.59 Å². The largest absolute Gasteiger partial charge is 0.542 e. The third-order valence-electron chi connectivity index (χ3n) is 7.32. The number of anilines is 2. The van der Waals surface area contributed by atoms with Gasteiger partial charge in [0.2, 0.25) is 5.91 Å². The lowest BCUT2D eigenvalue weighted by molar-refractivity contribution is -0.344. The van der Waals surface area contributed by atoms with Gasteiger partial charge in [0, 0.05) is 70.5 Å². The number of unbranched alkanes of at least 4 members (excludes halogenated alkanes) is 1. The van der Waals surface area contributed by atoms with Crippen LogP contribution in [0.25, 0.3) is 33.4 Å². The summed E-state index contributed by atoms with van der Waals surface area (Å²) in [6.45, 7) is 2.69. The fourth-order valence-corrected chi connectivity index (χ4v) is 4.93. The van der Waals surface area contributed by atoms with Crippen LogP contribution in [0.3, 0.4) is 0 Å². The molecule has 5 rings (SSSR count). The van der Waals surface area contributed by atoms with Crippen molar-refractivity contribution >= 4 is 45.9 Å². The van der Waals surface area contributed by atoms with Gasteiger partial charge in [-0.15, -0.1) is 0 Å². The second-order valence-electron chi connectivity index (χ2n) is 11.0. The van der Waals surface area contributed by atoms with Gasteiger partial charge >= 0.3 is 6.18 Å². The van der Waals surface area contributed by atoms with Crippen LogP contribution in [0.15, 0.2) is 89.3 Å². The number of ketones is 1. The molecule has 3 aromatic carbocycles. The summed E-state index contributed by atoms with van der Waals surface area (Å²) in [4.78, 5) is 47.2. The first kappa shape index (κ1) is 35.9. The number of carboxylic acid groups (broad SMARTS) is 1. The van der Waals surface area contributed by atoms with E-state index in [9.17, 15) is 27.6 Å². The summed E-state index contributed by atoms with van der Waals surface area (Å²) in [6, 6.07) is 24.9. The number of Topliss-reactive ketones (excluding diaryl/α,β-unsaturated/α-hetero) is 1. The number of carboxylic acids is 1. The SMILES string of the molecule is CCCCNC(=O)c1ccc(NC(=O)CCC(=O)c2ccccc2-c2c3ccc(=[NH2+])cc-3oc3cc(N)ccc23)cc1.O=C([O-])C(F)(F)F. The summed E-state index contributed by atoms with van der Waals surface area (Å²) in [5.74, 6) is -3.03. The standard InChI is InChI=1S/C34H32N4O4.C2HF3O2/c1-2-3-18-37-34(41)21-8-12-24(13-9-21)38-32(40)17-16-29(39)25-6-4-5-7-26(25)33-27-14-10-22(35)19-30(27)42-31-20-23(36)11-15-28(31)33;3-2(4,5)1(6)7/h4-15,19-20,35H,2-3,16-18,36H2,1H3,(H,37,41)(H,38,40);(H,6,7). The van der Waals surface area contributed by atoms with Crippen molar-refractivity contribution < 1.29 is 47.3 Å². The van der Waals surface area contributed by atoms with E-state index < -0.39 is 12.1 Å². The highest BCUT2D eigenvalue weighted by Gasteiger charge is 2.29. The van der Waals surface area contributed by atoms with Gasteiger partial charge in [-0.25, -0.2) is 0 Å². The van der Waals surface area contributed by atoms with Gasteiger partial charge in [0.1, 0.15) is 17.3 Å². The zero-order valence-electron chi connectivity index (χ0n) is 26.4. The third-order valence-corrected chi connectivity index (χ3v) is 7.32. The number of amides is 2. The Labute approximate surface area is 278 Å². The van der Waals surface area contributed by atoms with Gasteiger partial charge in [-0.05, 0) is 54.4 Å². The maximum atomic E-state index is 13.5. The van der Waals surface area contributed by atoms with Crippen molar-refractivity contribution in [3.8, 4) is 22.5 Å². The minimum Gasteiger partial charge on any atom is -0.542 e. The first-order valence-corrected chi connectivity index (χ1v) is 15.2. The number of aliphatic carboxylic acids is 1. The van der Waals surface area contributed by atoms with E-state index in [1.54, 1.807) is 54.6 Å². The number of rotatable bonds is 10. The molecule has 0 saturated heterocycles. The maximum Gasteiger partial charge on any atom is 0.430 e. The van der Waals surface area contributed by atoms with Crippen molar-refractivity contribution in [2.24, 2.45) is 0 Å². The molecule has 1 aliphatic heterocycles. The molecule has 2 amide bonds. The van der Waals surface area contributed by atoms with Crippen molar-refractivity contribution in [3.63, 3.8) is 0 Å². The average molecular weight is 675 g/mol. The molecule has 0 bridgehead atoms. The molecule has 0 aromatic heterocycles. The lowest BCUT2D eigenvalue weighted by Gasteiger charge is -2.17. The molecule has 0 unspecified atom stereocenters.